The number of carbonyl (C=O) groups is 1. The number of hydrogen-bond acceptors (Lipinski definition) is 3. The first-order valence-corrected chi connectivity index (χ1v) is 5.88. The summed E-state index contributed by atoms with van der Waals surface area (Å²) in [6.07, 6.45) is 5.16. The number of halogens is 1. The summed E-state index contributed by atoms with van der Waals surface area (Å²) in [7, 11) is 0. The molecule has 1 aromatic carbocycles. The highest BCUT2D eigenvalue weighted by Crippen LogP contribution is 2.13. The van der Waals surface area contributed by atoms with Crippen molar-refractivity contribution >= 4 is 11.6 Å². The van der Waals surface area contributed by atoms with Gasteiger partial charge in [0.1, 0.15) is 5.82 Å². The molecule has 1 aromatic heterocycles. The topological polar surface area (TPSA) is 72.9 Å². The van der Waals surface area contributed by atoms with Gasteiger partial charge >= 0.3 is 0 Å². The number of nitrogens with two attached hydrogens (primary N) is 1. The SMILES string of the molecule is CC(Cn1ccnc1)NC(=O)c1ccc(F)cc1N. The highest BCUT2D eigenvalue weighted by molar-refractivity contribution is 5.99. The molecule has 1 heterocycles. The monoisotopic (exact) mass is 262 g/mol. The number of imidazole rings is 1. The molecule has 100 valence electrons. The number of nitrogen functional groups attached to an aromatic ring is 1. The molecular weight excluding hydrogens is 247 g/mol. The highest BCUT2D eigenvalue weighted by Gasteiger charge is 2.13. The van der Waals surface area contributed by atoms with Crippen molar-refractivity contribution in [2.75, 3.05) is 5.73 Å². The van der Waals surface area contributed by atoms with E-state index in [1.165, 1.54) is 12.1 Å². The van der Waals surface area contributed by atoms with E-state index in [4.69, 9.17) is 5.73 Å². The average molecular weight is 262 g/mol. The lowest BCUT2D eigenvalue weighted by Gasteiger charge is -2.15. The number of aromatic nitrogens is 2. The standard InChI is InChI=1S/C13H15FN4O/c1-9(7-18-5-4-16-8-18)17-13(19)11-3-2-10(14)6-12(11)15/h2-6,8-9H,7,15H2,1H3,(H,17,19). The molecule has 1 unspecified atom stereocenters. The summed E-state index contributed by atoms with van der Waals surface area (Å²) >= 11 is 0. The molecule has 3 N–H and O–H groups in total. The fraction of sp³-hybridized carbons (Fsp3) is 0.231. The number of benzene rings is 1. The van der Waals surface area contributed by atoms with Gasteiger partial charge in [-0.15, -0.1) is 0 Å². The second kappa shape index (κ2) is 5.51. The maximum absolute atomic E-state index is 12.9. The van der Waals surface area contributed by atoms with Gasteiger partial charge in [-0.05, 0) is 25.1 Å². The Hall–Kier alpha value is -2.37. The van der Waals surface area contributed by atoms with Crippen molar-refractivity contribution in [1.29, 1.82) is 0 Å². The summed E-state index contributed by atoms with van der Waals surface area (Å²) in [5.74, 6) is -0.773. The Kier molecular flexibility index (Phi) is 3.79. The van der Waals surface area contributed by atoms with Gasteiger partial charge in [0.25, 0.3) is 5.91 Å². The highest BCUT2D eigenvalue weighted by atomic mass is 19.1. The smallest absolute Gasteiger partial charge is 0.253 e. The van der Waals surface area contributed by atoms with E-state index in [2.05, 4.69) is 10.3 Å². The van der Waals surface area contributed by atoms with Crippen LogP contribution in [0.15, 0.2) is 36.9 Å². The maximum Gasteiger partial charge on any atom is 0.253 e. The van der Waals surface area contributed by atoms with Gasteiger partial charge in [-0.3, -0.25) is 4.79 Å². The summed E-state index contributed by atoms with van der Waals surface area (Å²) in [4.78, 5) is 15.9. The predicted octanol–water partition coefficient (Wildman–Crippen LogP) is 1.42. The molecule has 0 aliphatic rings. The molecule has 0 aliphatic carbocycles. The predicted molar refractivity (Wildman–Crippen MR) is 70.0 cm³/mol. The van der Waals surface area contributed by atoms with Gasteiger partial charge in [0.2, 0.25) is 0 Å². The molecule has 0 aliphatic heterocycles. The Morgan fingerprint density at radius 2 is 2.37 bits per heavy atom. The normalized spacial score (nSPS) is 12.1. The molecule has 0 spiro atoms. The van der Waals surface area contributed by atoms with E-state index < -0.39 is 5.82 Å². The molecule has 19 heavy (non-hydrogen) atoms. The van der Waals surface area contributed by atoms with Crippen LogP contribution in [0.5, 0.6) is 0 Å². The van der Waals surface area contributed by atoms with Gasteiger partial charge in [0, 0.05) is 30.7 Å². The molecular formula is C13H15FN4O. The molecule has 1 atom stereocenters. The number of nitrogens with zero attached hydrogens (tertiary/aromatic N) is 2. The third-order valence-corrected chi connectivity index (χ3v) is 2.68. The number of nitrogens with one attached hydrogen (secondary N) is 1. The largest absolute Gasteiger partial charge is 0.398 e. The minimum Gasteiger partial charge on any atom is -0.398 e. The number of carbonyl (C=O) groups excluding carboxylic acids is 1. The number of anilines is 1. The molecule has 0 bridgehead atoms. The Morgan fingerprint density at radius 1 is 1.58 bits per heavy atom. The van der Waals surface area contributed by atoms with Crippen LogP contribution in [-0.2, 0) is 6.54 Å². The van der Waals surface area contributed by atoms with E-state index in [9.17, 15) is 9.18 Å². The molecule has 2 rings (SSSR count). The van der Waals surface area contributed by atoms with E-state index in [0.29, 0.717) is 6.54 Å². The van der Waals surface area contributed by atoms with Crippen molar-refractivity contribution in [2.45, 2.75) is 19.5 Å². The molecule has 5 nitrogen and oxygen atoms in total. The van der Waals surface area contributed by atoms with Crippen LogP contribution in [0.3, 0.4) is 0 Å². The van der Waals surface area contributed by atoms with E-state index in [1.807, 2.05) is 17.7 Å². The third kappa shape index (κ3) is 3.31. The Balaban J connectivity index is 2.00. The zero-order valence-corrected chi connectivity index (χ0v) is 10.5. The van der Waals surface area contributed by atoms with Gasteiger partial charge < -0.3 is 15.6 Å². The minimum absolute atomic E-state index is 0.0915. The van der Waals surface area contributed by atoms with Crippen molar-refractivity contribution in [3.8, 4) is 0 Å². The molecule has 0 saturated heterocycles. The van der Waals surface area contributed by atoms with Gasteiger partial charge in [-0.2, -0.15) is 0 Å². The molecule has 0 saturated carbocycles. The molecule has 6 heteroatoms. The van der Waals surface area contributed by atoms with Crippen LogP contribution in [0, 0.1) is 5.82 Å². The number of rotatable bonds is 4. The van der Waals surface area contributed by atoms with E-state index >= 15 is 0 Å². The lowest BCUT2D eigenvalue weighted by molar-refractivity contribution is 0.0937. The van der Waals surface area contributed by atoms with Crippen LogP contribution in [0.4, 0.5) is 10.1 Å². The summed E-state index contributed by atoms with van der Waals surface area (Å²) in [5.41, 5.74) is 6.03. The third-order valence-electron chi connectivity index (χ3n) is 2.68. The summed E-state index contributed by atoms with van der Waals surface area (Å²) in [5, 5.41) is 2.80. The Labute approximate surface area is 110 Å². The maximum atomic E-state index is 12.9. The summed E-state index contributed by atoms with van der Waals surface area (Å²) < 4.78 is 14.8. The van der Waals surface area contributed by atoms with Gasteiger partial charge in [-0.25, -0.2) is 9.37 Å². The summed E-state index contributed by atoms with van der Waals surface area (Å²) in [6, 6.07) is 3.64. The fourth-order valence-electron chi connectivity index (χ4n) is 1.80. The van der Waals surface area contributed by atoms with Gasteiger partial charge in [0.05, 0.1) is 11.9 Å². The Bertz CT molecular complexity index is 568. The first-order valence-electron chi connectivity index (χ1n) is 5.88. The average Bonchev–Trinajstić information content (AvgIpc) is 2.81. The zero-order valence-electron chi connectivity index (χ0n) is 10.5. The summed E-state index contributed by atoms with van der Waals surface area (Å²) in [6.45, 7) is 2.48. The fourth-order valence-corrected chi connectivity index (χ4v) is 1.80. The lowest BCUT2D eigenvalue weighted by Crippen LogP contribution is -2.35. The van der Waals surface area contributed by atoms with Crippen molar-refractivity contribution in [2.24, 2.45) is 0 Å². The van der Waals surface area contributed by atoms with Crippen molar-refractivity contribution in [1.82, 2.24) is 14.9 Å². The second-order valence-corrected chi connectivity index (χ2v) is 4.37. The van der Waals surface area contributed by atoms with Crippen molar-refractivity contribution in [3.05, 3.63) is 48.3 Å². The van der Waals surface area contributed by atoms with Crippen LogP contribution >= 0.6 is 0 Å². The zero-order chi connectivity index (χ0) is 13.8. The quantitative estimate of drug-likeness (QED) is 0.818. The molecule has 0 radical (unpaired) electrons. The van der Waals surface area contributed by atoms with Crippen LogP contribution in [-0.4, -0.2) is 21.5 Å². The van der Waals surface area contributed by atoms with E-state index in [1.54, 1.807) is 12.5 Å². The van der Waals surface area contributed by atoms with E-state index in [0.717, 1.165) is 6.07 Å². The van der Waals surface area contributed by atoms with E-state index in [-0.39, 0.29) is 23.2 Å². The Morgan fingerprint density at radius 3 is 3.00 bits per heavy atom. The number of hydrogen-bond donors (Lipinski definition) is 2. The van der Waals surface area contributed by atoms with Crippen molar-refractivity contribution in [3.63, 3.8) is 0 Å². The lowest BCUT2D eigenvalue weighted by atomic mass is 10.1. The second-order valence-electron chi connectivity index (χ2n) is 4.37. The molecule has 0 fully saturated rings. The van der Waals surface area contributed by atoms with Crippen LogP contribution in [0.1, 0.15) is 17.3 Å². The minimum atomic E-state index is -0.458. The van der Waals surface area contributed by atoms with Gasteiger partial charge in [-0.1, -0.05) is 0 Å². The molecule has 1 amide bonds. The number of amides is 1. The van der Waals surface area contributed by atoms with Gasteiger partial charge in [0.15, 0.2) is 0 Å². The molecule has 2 aromatic rings. The van der Waals surface area contributed by atoms with Crippen LogP contribution in [0.25, 0.3) is 0 Å². The van der Waals surface area contributed by atoms with Crippen LogP contribution < -0.4 is 11.1 Å². The first kappa shape index (κ1) is 13.1. The van der Waals surface area contributed by atoms with Crippen molar-refractivity contribution < 1.29 is 9.18 Å². The first-order chi connectivity index (χ1) is 9.06. The van der Waals surface area contributed by atoms with Crippen LogP contribution in [0.2, 0.25) is 0 Å².